The molecule has 0 saturated carbocycles. The van der Waals surface area contributed by atoms with Crippen LogP contribution in [0.1, 0.15) is 24.8 Å². The molecule has 0 atom stereocenters. The summed E-state index contributed by atoms with van der Waals surface area (Å²) < 4.78 is 0. The first-order valence-corrected chi connectivity index (χ1v) is 7.44. The zero-order valence-corrected chi connectivity index (χ0v) is 12.0. The van der Waals surface area contributed by atoms with Crippen LogP contribution in [0.25, 0.3) is 0 Å². The van der Waals surface area contributed by atoms with Gasteiger partial charge in [0.25, 0.3) is 0 Å². The molecule has 2 rings (SSSR count). The molecule has 0 bridgehead atoms. The van der Waals surface area contributed by atoms with Crippen molar-refractivity contribution in [2.24, 2.45) is 0 Å². The summed E-state index contributed by atoms with van der Waals surface area (Å²) in [7, 11) is 0. The molecule has 1 heterocycles. The van der Waals surface area contributed by atoms with Crippen LogP contribution in [0, 0.1) is 0 Å². The van der Waals surface area contributed by atoms with Crippen LogP contribution in [0.3, 0.4) is 0 Å². The Bertz CT molecular complexity index is 402. The van der Waals surface area contributed by atoms with Crippen LogP contribution in [0.2, 0.25) is 0 Å². The van der Waals surface area contributed by atoms with Gasteiger partial charge in [0.1, 0.15) is 0 Å². The Morgan fingerprint density at radius 2 is 1.85 bits per heavy atom. The van der Waals surface area contributed by atoms with Gasteiger partial charge in [-0.1, -0.05) is 30.3 Å². The van der Waals surface area contributed by atoms with E-state index in [1.807, 2.05) is 28.0 Å². The van der Waals surface area contributed by atoms with Gasteiger partial charge in [0.05, 0.1) is 13.2 Å². The number of carbonyl (C=O) groups is 1. The maximum absolute atomic E-state index is 12.3. The smallest absolute Gasteiger partial charge is 0.236 e. The van der Waals surface area contributed by atoms with E-state index in [4.69, 9.17) is 0 Å². The van der Waals surface area contributed by atoms with Crippen molar-refractivity contribution in [3.05, 3.63) is 35.9 Å². The number of benzene rings is 1. The summed E-state index contributed by atoms with van der Waals surface area (Å²) in [6.45, 7) is 3.50. The number of carbonyl (C=O) groups excluding carboxylic acids is 1. The van der Waals surface area contributed by atoms with Crippen molar-refractivity contribution in [1.82, 2.24) is 9.80 Å². The fourth-order valence-electron chi connectivity index (χ4n) is 2.63. The van der Waals surface area contributed by atoms with E-state index >= 15 is 0 Å². The number of aliphatic hydroxyl groups excluding tert-OH is 1. The van der Waals surface area contributed by atoms with Gasteiger partial charge >= 0.3 is 0 Å². The van der Waals surface area contributed by atoms with E-state index in [0.29, 0.717) is 19.6 Å². The quantitative estimate of drug-likeness (QED) is 0.856. The summed E-state index contributed by atoms with van der Waals surface area (Å²) in [5.74, 6) is 0.189. The summed E-state index contributed by atoms with van der Waals surface area (Å²) >= 11 is 0. The number of hydrogen-bond acceptors (Lipinski definition) is 3. The molecule has 20 heavy (non-hydrogen) atoms. The zero-order chi connectivity index (χ0) is 14.2. The average molecular weight is 276 g/mol. The van der Waals surface area contributed by atoms with E-state index < -0.39 is 0 Å². The average Bonchev–Trinajstić information content (AvgIpc) is 2.49. The Morgan fingerprint density at radius 1 is 1.15 bits per heavy atom. The highest BCUT2D eigenvalue weighted by Crippen LogP contribution is 2.10. The van der Waals surface area contributed by atoms with Gasteiger partial charge in [-0.25, -0.2) is 0 Å². The third kappa shape index (κ3) is 4.62. The lowest BCUT2D eigenvalue weighted by Crippen LogP contribution is -2.43. The lowest BCUT2D eigenvalue weighted by Gasteiger charge is -2.29. The number of nitrogens with zero attached hydrogens (tertiary/aromatic N) is 2. The second-order valence-electron chi connectivity index (χ2n) is 5.36. The van der Waals surface area contributed by atoms with Crippen LogP contribution in [0.4, 0.5) is 0 Å². The molecular weight excluding hydrogens is 252 g/mol. The minimum atomic E-state index is 0.0834. The first-order chi connectivity index (χ1) is 9.79. The van der Waals surface area contributed by atoms with Gasteiger partial charge < -0.3 is 10.0 Å². The van der Waals surface area contributed by atoms with Crippen LogP contribution >= 0.6 is 0 Å². The molecule has 0 aliphatic carbocycles. The van der Waals surface area contributed by atoms with Crippen LogP contribution in [0.15, 0.2) is 30.3 Å². The minimum Gasteiger partial charge on any atom is -0.395 e. The van der Waals surface area contributed by atoms with Crippen molar-refractivity contribution in [2.75, 3.05) is 32.8 Å². The zero-order valence-electron chi connectivity index (χ0n) is 12.0. The Kier molecular flexibility index (Phi) is 6.02. The van der Waals surface area contributed by atoms with Crippen LogP contribution in [-0.2, 0) is 11.3 Å². The van der Waals surface area contributed by atoms with E-state index in [-0.39, 0.29) is 12.5 Å². The highest BCUT2D eigenvalue weighted by Gasteiger charge is 2.19. The molecule has 1 amide bonds. The molecule has 0 radical (unpaired) electrons. The van der Waals surface area contributed by atoms with Crippen LogP contribution in [0.5, 0.6) is 0 Å². The number of hydrogen-bond donors (Lipinski definition) is 1. The molecule has 0 spiro atoms. The number of likely N-dealkylation sites (tertiary alicyclic amines) is 1. The third-order valence-corrected chi connectivity index (χ3v) is 3.73. The second kappa shape index (κ2) is 8.02. The molecule has 1 aliphatic rings. The second-order valence-corrected chi connectivity index (χ2v) is 5.36. The molecule has 4 nitrogen and oxygen atoms in total. The molecule has 0 aromatic heterocycles. The normalized spacial score (nSPS) is 15.6. The van der Waals surface area contributed by atoms with Gasteiger partial charge in [0.2, 0.25) is 5.91 Å². The summed E-state index contributed by atoms with van der Waals surface area (Å²) in [5, 5.41) is 9.17. The molecule has 1 saturated heterocycles. The monoisotopic (exact) mass is 276 g/mol. The Hall–Kier alpha value is -1.39. The lowest BCUT2D eigenvalue weighted by atomic mass is 10.1. The van der Waals surface area contributed by atoms with E-state index in [9.17, 15) is 9.90 Å². The lowest BCUT2D eigenvalue weighted by molar-refractivity contribution is -0.133. The van der Waals surface area contributed by atoms with Crippen molar-refractivity contribution >= 4 is 5.91 Å². The highest BCUT2D eigenvalue weighted by molar-refractivity contribution is 5.78. The molecule has 1 aliphatic heterocycles. The summed E-state index contributed by atoms with van der Waals surface area (Å²) in [6, 6.07) is 10.1. The highest BCUT2D eigenvalue weighted by atomic mass is 16.3. The maximum atomic E-state index is 12.3. The van der Waals surface area contributed by atoms with E-state index in [0.717, 1.165) is 25.9 Å². The number of amides is 1. The van der Waals surface area contributed by atoms with Gasteiger partial charge in [0.15, 0.2) is 0 Å². The summed E-state index contributed by atoms with van der Waals surface area (Å²) in [4.78, 5) is 16.3. The SMILES string of the molecule is O=C(CN(CCO)Cc1ccccc1)N1CCCCC1. The Labute approximate surface area is 121 Å². The molecule has 1 fully saturated rings. The van der Waals surface area contributed by atoms with Crippen molar-refractivity contribution in [2.45, 2.75) is 25.8 Å². The summed E-state index contributed by atoms with van der Waals surface area (Å²) in [6.07, 6.45) is 3.46. The Balaban J connectivity index is 1.89. The topological polar surface area (TPSA) is 43.8 Å². The van der Waals surface area contributed by atoms with Crippen LogP contribution in [-0.4, -0.2) is 53.6 Å². The number of piperidine rings is 1. The van der Waals surface area contributed by atoms with Gasteiger partial charge in [0, 0.05) is 26.2 Å². The first kappa shape index (κ1) is 15.0. The summed E-state index contributed by atoms with van der Waals surface area (Å²) in [5.41, 5.74) is 1.17. The number of rotatable bonds is 6. The molecule has 1 aromatic carbocycles. The van der Waals surface area contributed by atoms with Crippen molar-refractivity contribution in [3.8, 4) is 0 Å². The largest absolute Gasteiger partial charge is 0.395 e. The van der Waals surface area contributed by atoms with Gasteiger partial charge in [-0.3, -0.25) is 9.69 Å². The predicted octanol–water partition coefficient (Wildman–Crippen LogP) is 1.49. The van der Waals surface area contributed by atoms with Crippen molar-refractivity contribution < 1.29 is 9.90 Å². The molecule has 1 N–H and O–H groups in total. The number of aliphatic hydroxyl groups is 1. The van der Waals surface area contributed by atoms with Crippen molar-refractivity contribution in [1.29, 1.82) is 0 Å². The minimum absolute atomic E-state index is 0.0834. The molecule has 0 unspecified atom stereocenters. The van der Waals surface area contributed by atoms with Gasteiger partial charge in [-0.15, -0.1) is 0 Å². The van der Waals surface area contributed by atoms with E-state index in [1.165, 1.54) is 12.0 Å². The molecule has 110 valence electrons. The first-order valence-electron chi connectivity index (χ1n) is 7.44. The van der Waals surface area contributed by atoms with Gasteiger partial charge in [-0.05, 0) is 24.8 Å². The molecule has 4 heteroatoms. The Morgan fingerprint density at radius 3 is 2.50 bits per heavy atom. The van der Waals surface area contributed by atoms with E-state index in [1.54, 1.807) is 0 Å². The third-order valence-electron chi connectivity index (χ3n) is 3.73. The van der Waals surface area contributed by atoms with E-state index in [2.05, 4.69) is 12.1 Å². The van der Waals surface area contributed by atoms with Crippen molar-refractivity contribution in [3.63, 3.8) is 0 Å². The molecular formula is C16H24N2O2. The standard InChI is InChI=1S/C16H24N2O2/c19-12-11-17(13-15-7-3-1-4-8-15)14-16(20)18-9-5-2-6-10-18/h1,3-4,7-8,19H,2,5-6,9-14H2. The molecule has 1 aromatic rings. The fourth-order valence-corrected chi connectivity index (χ4v) is 2.63. The maximum Gasteiger partial charge on any atom is 0.236 e. The van der Waals surface area contributed by atoms with Gasteiger partial charge in [-0.2, -0.15) is 0 Å². The predicted molar refractivity (Wildman–Crippen MR) is 79.2 cm³/mol. The van der Waals surface area contributed by atoms with Crippen LogP contribution < -0.4 is 0 Å². The fraction of sp³-hybridized carbons (Fsp3) is 0.562.